The molecule has 1 aliphatic heterocycles. The van der Waals surface area contributed by atoms with E-state index < -0.39 is 17.6 Å². The number of nitrogens with zero attached hydrogens (tertiary/aromatic N) is 2. The maximum Gasteiger partial charge on any atom is 0.423 e. The summed E-state index contributed by atoms with van der Waals surface area (Å²) in [6.45, 7) is 0.421. The minimum absolute atomic E-state index is 0.0453. The molecule has 2 heterocycles. The average Bonchev–Trinajstić information content (AvgIpc) is 2.67. The van der Waals surface area contributed by atoms with Crippen LogP contribution in [0, 0.1) is 0 Å². The maximum absolute atomic E-state index is 13.2. The number of amides is 1. The van der Waals surface area contributed by atoms with Crippen LogP contribution < -0.4 is 20.7 Å². The molecule has 11 heteroatoms. The molecular formula is C18H20F3N5O3. The van der Waals surface area contributed by atoms with Crippen molar-refractivity contribution in [2.24, 2.45) is 0 Å². The summed E-state index contributed by atoms with van der Waals surface area (Å²) in [7, 11) is 0. The molecule has 1 aliphatic rings. The molecular weight excluding hydrogens is 391 g/mol. The topological polar surface area (TPSA) is 108 Å². The number of fused-ring (bicyclic) bond motifs is 1. The number of ether oxygens (including phenoxy) is 1. The molecule has 0 unspecified atom stereocenters. The Bertz CT molecular complexity index is 876. The van der Waals surface area contributed by atoms with Crippen LogP contribution in [0.15, 0.2) is 24.4 Å². The molecule has 156 valence electrons. The smallest absolute Gasteiger partial charge is 0.423 e. The number of nitrogens with one attached hydrogen (secondary N) is 3. The van der Waals surface area contributed by atoms with Crippen LogP contribution in [0.4, 0.5) is 30.5 Å². The summed E-state index contributed by atoms with van der Waals surface area (Å²) in [5, 5.41) is 17.1. The Hall–Kier alpha value is -2.92. The van der Waals surface area contributed by atoms with Crippen molar-refractivity contribution in [3.63, 3.8) is 0 Å². The highest BCUT2D eigenvalue weighted by Crippen LogP contribution is 2.35. The monoisotopic (exact) mass is 411 g/mol. The minimum Gasteiger partial charge on any atom is -0.476 e. The normalized spacial score (nSPS) is 13.6. The molecule has 2 aromatic rings. The molecule has 0 saturated heterocycles. The van der Waals surface area contributed by atoms with Gasteiger partial charge in [-0.3, -0.25) is 4.79 Å². The van der Waals surface area contributed by atoms with Gasteiger partial charge in [0.15, 0.2) is 0 Å². The van der Waals surface area contributed by atoms with E-state index in [2.05, 4.69) is 25.9 Å². The predicted octanol–water partition coefficient (Wildman–Crippen LogP) is 2.08. The molecule has 1 aromatic carbocycles. The minimum atomic E-state index is -4.66. The number of carbonyl (C=O) groups excluding carboxylic acids is 1. The van der Waals surface area contributed by atoms with Crippen molar-refractivity contribution in [1.82, 2.24) is 15.3 Å². The van der Waals surface area contributed by atoms with Gasteiger partial charge in [-0.1, -0.05) is 0 Å². The first kappa shape index (κ1) is 20.8. The third kappa shape index (κ3) is 5.55. The highest BCUT2D eigenvalue weighted by molar-refractivity contribution is 5.94. The van der Waals surface area contributed by atoms with Gasteiger partial charge in [-0.15, -0.1) is 0 Å². The van der Waals surface area contributed by atoms with E-state index in [1.54, 1.807) is 18.2 Å². The zero-order valence-corrected chi connectivity index (χ0v) is 15.3. The number of rotatable bonds is 8. The molecule has 1 aromatic heterocycles. The second-order valence-electron chi connectivity index (χ2n) is 6.28. The Kier molecular flexibility index (Phi) is 6.49. The van der Waals surface area contributed by atoms with Crippen molar-refractivity contribution in [3.05, 3.63) is 35.5 Å². The SMILES string of the molecule is O=C1CCc2cc(Nc3ncc(C(F)(F)F)c(OCCNCCO)n3)ccc2N1. The Balaban J connectivity index is 1.75. The van der Waals surface area contributed by atoms with E-state index in [4.69, 9.17) is 9.84 Å². The van der Waals surface area contributed by atoms with Crippen LogP contribution in [0.25, 0.3) is 0 Å². The fraction of sp³-hybridized carbons (Fsp3) is 0.389. The standard InChI is InChI=1S/C18H20F3N5O3/c19-18(20,21)13-10-23-17(26-16(13)29-8-6-22-5-7-27)24-12-2-3-14-11(9-12)1-4-15(28)25-14/h2-3,9-10,22,27H,1,4-8H2,(H,25,28)(H,23,24,26). The lowest BCUT2D eigenvalue weighted by atomic mass is 10.0. The highest BCUT2D eigenvalue weighted by atomic mass is 19.4. The highest BCUT2D eigenvalue weighted by Gasteiger charge is 2.36. The molecule has 4 N–H and O–H groups in total. The fourth-order valence-electron chi connectivity index (χ4n) is 2.75. The number of aromatic nitrogens is 2. The third-order valence-corrected chi connectivity index (χ3v) is 4.12. The maximum atomic E-state index is 13.2. The van der Waals surface area contributed by atoms with Gasteiger partial charge < -0.3 is 25.8 Å². The first-order valence-corrected chi connectivity index (χ1v) is 8.95. The van der Waals surface area contributed by atoms with Crippen LogP contribution >= 0.6 is 0 Å². The molecule has 0 fully saturated rings. The van der Waals surface area contributed by atoms with Gasteiger partial charge in [0.05, 0.1) is 6.61 Å². The molecule has 0 saturated carbocycles. The second-order valence-corrected chi connectivity index (χ2v) is 6.28. The second kappa shape index (κ2) is 9.05. The lowest BCUT2D eigenvalue weighted by molar-refractivity contribution is -0.139. The largest absolute Gasteiger partial charge is 0.476 e. The molecule has 0 bridgehead atoms. The van der Waals surface area contributed by atoms with E-state index in [0.29, 0.717) is 37.0 Å². The number of hydrogen-bond donors (Lipinski definition) is 4. The van der Waals surface area contributed by atoms with Crippen molar-refractivity contribution in [2.75, 3.05) is 36.9 Å². The molecule has 0 radical (unpaired) electrons. The molecule has 3 rings (SSSR count). The Labute approximate surface area is 164 Å². The summed E-state index contributed by atoms with van der Waals surface area (Å²) in [6, 6.07) is 5.17. The van der Waals surface area contributed by atoms with Crippen LogP contribution in [-0.4, -0.2) is 47.3 Å². The summed E-state index contributed by atoms with van der Waals surface area (Å²) in [5.41, 5.74) is 1.13. The van der Waals surface area contributed by atoms with Crippen LogP contribution in [0.3, 0.4) is 0 Å². The van der Waals surface area contributed by atoms with Gasteiger partial charge in [-0.25, -0.2) is 4.98 Å². The third-order valence-electron chi connectivity index (χ3n) is 4.12. The fourth-order valence-corrected chi connectivity index (χ4v) is 2.75. The number of alkyl halides is 3. The van der Waals surface area contributed by atoms with Gasteiger partial charge >= 0.3 is 6.18 Å². The van der Waals surface area contributed by atoms with E-state index in [0.717, 1.165) is 5.56 Å². The van der Waals surface area contributed by atoms with E-state index >= 15 is 0 Å². The van der Waals surface area contributed by atoms with Gasteiger partial charge in [0.25, 0.3) is 0 Å². The number of carbonyl (C=O) groups is 1. The van der Waals surface area contributed by atoms with Crippen molar-refractivity contribution < 1.29 is 27.8 Å². The Morgan fingerprint density at radius 2 is 2.07 bits per heavy atom. The molecule has 8 nitrogen and oxygen atoms in total. The molecule has 1 amide bonds. The van der Waals surface area contributed by atoms with Gasteiger partial charge in [0.2, 0.25) is 17.7 Å². The lowest BCUT2D eigenvalue weighted by Gasteiger charge is -2.18. The van der Waals surface area contributed by atoms with Crippen LogP contribution in [-0.2, 0) is 17.4 Å². The molecule has 29 heavy (non-hydrogen) atoms. The molecule has 0 spiro atoms. The summed E-state index contributed by atoms with van der Waals surface area (Å²) >= 11 is 0. The van der Waals surface area contributed by atoms with Gasteiger partial charge in [0, 0.05) is 37.1 Å². The van der Waals surface area contributed by atoms with E-state index in [9.17, 15) is 18.0 Å². The summed E-state index contributed by atoms with van der Waals surface area (Å²) in [4.78, 5) is 19.0. The van der Waals surface area contributed by atoms with Gasteiger partial charge in [0.1, 0.15) is 12.2 Å². The van der Waals surface area contributed by atoms with Crippen LogP contribution in [0.5, 0.6) is 5.88 Å². The number of hydrogen-bond acceptors (Lipinski definition) is 7. The van der Waals surface area contributed by atoms with E-state index in [1.165, 1.54) is 0 Å². The number of aryl methyl sites for hydroxylation is 1. The van der Waals surface area contributed by atoms with Crippen molar-refractivity contribution >= 4 is 23.2 Å². The number of benzene rings is 1. The number of anilines is 3. The van der Waals surface area contributed by atoms with Crippen LogP contribution in [0.1, 0.15) is 17.5 Å². The zero-order chi connectivity index (χ0) is 20.9. The Morgan fingerprint density at radius 3 is 2.83 bits per heavy atom. The van der Waals surface area contributed by atoms with Crippen molar-refractivity contribution in [2.45, 2.75) is 19.0 Å². The Morgan fingerprint density at radius 1 is 1.24 bits per heavy atom. The average molecular weight is 411 g/mol. The van der Waals surface area contributed by atoms with Crippen LogP contribution in [0.2, 0.25) is 0 Å². The molecule has 0 atom stereocenters. The number of halogens is 3. The van der Waals surface area contributed by atoms with Gasteiger partial charge in [-0.2, -0.15) is 18.2 Å². The first-order valence-electron chi connectivity index (χ1n) is 8.95. The number of aliphatic hydroxyl groups excluding tert-OH is 1. The lowest BCUT2D eigenvalue weighted by Crippen LogP contribution is -2.25. The van der Waals surface area contributed by atoms with Crippen molar-refractivity contribution in [1.29, 1.82) is 0 Å². The number of aliphatic hydroxyl groups is 1. The summed E-state index contributed by atoms with van der Waals surface area (Å²) in [6.07, 6.45) is -3.05. The zero-order valence-electron chi connectivity index (χ0n) is 15.3. The quantitative estimate of drug-likeness (QED) is 0.493. The molecule has 0 aliphatic carbocycles. The summed E-state index contributed by atoms with van der Waals surface area (Å²) in [5.74, 6) is -0.679. The van der Waals surface area contributed by atoms with Gasteiger partial charge in [-0.05, 0) is 30.2 Å². The predicted molar refractivity (Wildman–Crippen MR) is 99.2 cm³/mol. The van der Waals surface area contributed by atoms with Crippen molar-refractivity contribution in [3.8, 4) is 5.88 Å². The summed E-state index contributed by atoms with van der Waals surface area (Å²) < 4.78 is 44.8. The van der Waals surface area contributed by atoms with E-state index in [1.807, 2.05) is 0 Å². The first-order chi connectivity index (χ1) is 13.9. The van der Waals surface area contributed by atoms with E-state index in [-0.39, 0.29) is 31.6 Å².